The van der Waals surface area contributed by atoms with Crippen molar-refractivity contribution in [1.82, 2.24) is 0 Å². The van der Waals surface area contributed by atoms with Crippen LogP contribution in [0.3, 0.4) is 0 Å². The van der Waals surface area contributed by atoms with E-state index in [0.717, 1.165) is 35.9 Å². The van der Waals surface area contributed by atoms with Crippen molar-refractivity contribution < 1.29 is 9.47 Å². The molecule has 0 aromatic heterocycles. The van der Waals surface area contributed by atoms with Crippen LogP contribution in [0.4, 0.5) is 0 Å². The van der Waals surface area contributed by atoms with E-state index in [1.54, 1.807) is 0 Å². The highest BCUT2D eigenvalue weighted by Crippen LogP contribution is 2.53. The van der Waals surface area contributed by atoms with Crippen LogP contribution in [0.15, 0.2) is 9.47 Å². The molecule has 0 N–H and O–H groups in total. The molecule has 2 fully saturated rings. The summed E-state index contributed by atoms with van der Waals surface area (Å²) in [5.74, 6) is -0.278. The Kier molecular flexibility index (Phi) is 4.15. The van der Waals surface area contributed by atoms with Crippen molar-refractivity contribution in [2.75, 3.05) is 13.2 Å². The predicted molar refractivity (Wildman–Crippen MR) is 71.8 cm³/mol. The van der Waals surface area contributed by atoms with Gasteiger partial charge in [0.1, 0.15) is 0 Å². The van der Waals surface area contributed by atoms with E-state index in [-0.39, 0.29) is 11.2 Å². The molecule has 1 aliphatic carbocycles. The summed E-state index contributed by atoms with van der Waals surface area (Å²) in [6.45, 7) is 3.82. The van der Waals surface area contributed by atoms with E-state index in [1.165, 1.54) is 12.8 Å². The summed E-state index contributed by atoms with van der Waals surface area (Å²) >= 11 is 6.78. The average molecular weight is 354 g/mol. The van der Waals surface area contributed by atoms with Gasteiger partial charge in [0.25, 0.3) is 0 Å². The largest absolute Gasteiger partial charge is 0.347 e. The molecular formula is C12H18Br2O2. The van der Waals surface area contributed by atoms with Gasteiger partial charge in [-0.15, -0.1) is 0 Å². The summed E-state index contributed by atoms with van der Waals surface area (Å²) < 4.78 is 12.8. The lowest BCUT2D eigenvalue weighted by molar-refractivity contribution is -0.218. The summed E-state index contributed by atoms with van der Waals surface area (Å²) in [7, 11) is 0. The van der Waals surface area contributed by atoms with Crippen LogP contribution in [-0.4, -0.2) is 19.0 Å². The van der Waals surface area contributed by atoms with Gasteiger partial charge in [-0.1, -0.05) is 13.0 Å². The second-order valence-corrected chi connectivity index (χ2v) is 7.67. The maximum absolute atomic E-state index is 5.91. The van der Waals surface area contributed by atoms with Crippen LogP contribution in [0.25, 0.3) is 0 Å². The molecule has 1 saturated carbocycles. The molecule has 0 aromatic rings. The Morgan fingerprint density at radius 3 is 2.56 bits per heavy atom. The molecule has 4 heteroatoms. The normalized spacial score (nSPS) is 32.2. The fourth-order valence-electron chi connectivity index (χ4n) is 2.97. The summed E-state index contributed by atoms with van der Waals surface area (Å²) in [6, 6.07) is 0. The Bertz CT molecular complexity index is 275. The van der Waals surface area contributed by atoms with Crippen LogP contribution in [0.2, 0.25) is 0 Å². The van der Waals surface area contributed by atoms with E-state index in [4.69, 9.17) is 9.47 Å². The standard InChI is InChI=1S/C12H18Br2O2/c1-11(5-2-4-10(13)14)6-3-7-12(11)15-8-9-16-12/h4H,2-3,5-9H2,1H3/t11-/m1/s1. The fourth-order valence-corrected chi connectivity index (χ4v) is 3.42. The maximum atomic E-state index is 5.91. The quantitative estimate of drug-likeness (QED) is 0.751. The van der Waals surface area contributed by atoms with Gasteiger partial charge >= 0.3 is 0 Å². The van der Waals surface area contributed by atoms with Gasteiger partial charge in [-0.05, 0) is 57.5 Å². The monoisotopic (exact) mass is 352 g/mol. The molecule has 0 amide bonds. The average Bonchev–Trinajstić information content (AvgIpc) is 2.78. The number of rotatable bonds is 3. The van der Waals surface area contributed by atoms with Gasteiger partial charge in [0, 0.05) is 11.8 Å². The summed E-state index contributed by atoms with van der Waals surface area (Å²) in [5, 5.41) is 0. The second kappa shape index (κ2) is 5.09. The Labute approximate surface area is 114 Å². The minimum Gasteiger partial charge on any atom is -0.347 e. The lowest BCUT2D eigenvalue weighted by Gasteiger charge is -2.39. The molecule has 1 saturated heterocycles. The maximum Gasteiger partial charge on any atom is 0.173 e. The van der Waals surface area contributed by atoms with Crippen molar-refractivity contribution in [3.63, 3.8) is 0 Å². The van der Waals surface area contributed by atoms with E-state index >= 15 is 0 Å². The molecule has 0 radical (unpaired) electrons. The number of hydrogen-bond acceptors (Lipinski definition) is 2. The zero-order valence-electron chi connectivity index (χ0n) is 9.60. The van der Waals surface area contributed by atoms with E-state index in [2.05, 4.69) is 44.9 Å². The van der Waals surface area contributed by atoms with Gasteiger partial charge in [-0.25, -0.2) is 0 Å². The summed E-state index contributed by atoms with van der Waals surface area (Å²) in [6.07, 6.45) is 7.82. The number of ether oxygens (including phenoxy) is 2. The van der Waals surface area contributed by atoms with E-state index in [0.29, 0.717) is 0 Å². The van der Waals surface area contributed by atoms with E-state index < -0.39 is 0 Å². The zero-order chi connectivity index (χ0) is 11.6. The van der Waals surface area contributed by atoms with Gasteiger partial charge in [-0.2, -0.15) is 0 Å². The van der Waals surface area contributed by atoms with Crippen LogP contribution in [0, 0.1) is 5.41 Å². The fraction of sp³-hybridized carbons (Fsp3) is 0.833. The van der Waals surface area contributed by atoms with Crippen molar-refractivity contribution in [3.8, 4) is 0 Å². The molecule has 2 rings (SSSR count). The molecule has 1 spiro atoms. The topological polar surface area (TPSA) is 18.5 Å². The van der Waals surface area contributed by atoms with Gasteiger partial charge in [-0.3, -0.25) is 0 Å². The van der Waals surface area contributed by atoms with Gasteiger partial charge < -0.3 is 9.47 Å². The third-order valence-corrected chi connectivity index (χ3v) is 4.55. The lowest BCUT2D eigenvalue weighted by atomic mass is 9.79. The van der Waals surface area contributed by atoms with Gasteiger partial charge in [0.05, 0.1) is 16.6 Å². The van der Waals surface area contributed by atoms with Crippen molar-refractivity contribution >= 4 is 31.9 Å². The van der Waals surface area contributed by atoms with Crippen LogP contribution in [-0.2, 0) is 9.47 Å². The molecule has 1 heterocycles. The molecule has 0 bridgehead atoms. The molecule has 1 aliphatic heterocycles. The molecular weight excluding hydrogens is 336 g/mol. The Hall–Kier alpha value is 0.620. The molecule has 92 valence electrons. The Morgan fingerprint density at radius 2 is 1.94 bits per heavy atom. The summed E-state index contributed by atoms with van der Waals surface area (Å²) in [4.78, 5) is 0. The van der Waals surface area contributed by atoms with Crippen LogP contribution < -0.4 is 0 Å². The first-order valence-electron chi connectivity index (χ1n) is 5.87. The van der Waals surface area contributed by atoms with Crippen molar-refractivity contribution in [1.29, 1.82) is 0 Å². The third kappa shape index (κ3) is 2.40. The highest BCUT2D eigenvalue weighted by molar-refractivity contribution is 9.28. The predicted octanol–water partition coefficient (Wildman–Crippen LogP) is 4.33. The molecule has 16 heavy (non-hydrogen) atoms. The Balaban J connectivity index is 2.02. The first kappa shape index (κ1) is 13.1. The van der Waals surface area contributed by atoms with Gasteiger partial charge in [0.2, 0.25) is 0 Å². The number of hydrogen-bond donors (Lipinski definition) is 0. The molecule has 0 unspecified atom stereocenters. The lowest BCUT2D eigenvalue weighted by Crippen LogP contribution is -2.42. The van der Waals surface area contributed by atoms with Crippen molar-refractivity contribution in [2.45, 2.75) is 44.8 Å². The third-order valence-electron chi connectivity index (χ3n) is 3.90. The van der Waals surface area contributed by atoms with Crippen molar-refractivity contribution in [3.05, 3.63) is 9.47 Å². The molecule has 2 nitrogen and oxygen atoms in total. The molecule has 0 aromatic carbocycles. The first-order valence-corrected chi connectivity index (χ1v) is 7.46. The SMILES string of the molecule is C[C@@]1(CCC=C(Br)Br)CCCC12OCCO2. The van der Waals surface area contributed by atoms with Gasteiger partial charge in [0.15, 0.2) is 5.79 Å². The minimum absolute atomic E-state index is 0.176. The van der Waals surface area contributed by atoms with Crippen LogP contribution in [0.5, 0.6) is 0 Å². The van der Waals surface area contributed by atoms with E-state index in [1.807, 2.05) is 0 Å². The first-order chi connectivity index (χ1) is 7.58. The molecule has 1 atom stereocenters. The zero-order valence-corrected chi connectivity index (χ0v) is 12.8. The van der Waals surface area contributed by atoms with Crippen LogP contribution in [0.1, 0.15) is 39.0 Å². The van der Waals surface area contributed by atoms with Crippen LogP contribution >= 0.6 is 31.9 Å². The minimum atomic E-state index is -0.278. The summed E-state index contributed by atoms with van der Waals surface area (Å²) in [5.41, 5.74) is 0.176. The number of allylic oxidation sites excluding steroid dienone is 1. The number of halogens is 2. The smallest absolute Gasteiger partial charge is 0.173 e. The second-order valence-electron chi connectivity index (χ2n) is 4.90. The highest BCUT2D eigenvalue weighted by atomic mass is 79.9. The van der Waals surface area contributed by atoms with E-state index in [9.17, 15) is 0 Å². The highest BCUT2D eigenvalue weighted by Gasteiger charge is 2.55. The van der Waals surface area contributed by atoms with Crippen molar-refractivity contribution in [2.24, 2.45) is 5.41 Å². The molecule has 2 aliphatic rings. The Morgan fingerprint density at radius 1 is 1.25 bits per heavy atom.